The summed E-state index contributed by atoms with van der Waals surface area (Å²) in [4.78, 5) is 6.83. The minimum Gasteiger partial charge on any atom is -0.382 e. The molecule has 4 rings (SSSR count). The van der Waals surface area contributed by atoms with Crippen LogP contribution >= 0.6 is 11.3 Å². The number of hydrogen-bond acceptors (Lipinski definition) is 5. The van der Waals surface area contributed by atoms with Gasteiger partial charge >= 0.3 is 0 Å². The number of aliphatic hydroxyl groups excluding tert-OH is 1. The Kier molecular flexibility index (Phi) is 4.92. The summed E-state index contributed by atoms with van der Waals surface area (Å²) >= 11 is 1.65. The molecule has 1 atom stereocenters. The van der Waals surface area contributed by atoms with E-state index in [1.165, 1.54) is 11.4 Å². The van der Waals surface area contributed by atoms with Gasteiger partial charge in [-0.2, -0.15) is 5.10 Å². The summed E-state index contributed by atoms with van der Waals surface area (Å²) in [6, 6.07) is 11.8. The first kappa shape index (κ1) is 16.4. The summed E-state index contributed by atoms with van der Waals surface area (Å²) in [6.45, 7) is 3.86. The lowest BCUT2D eigenvalue weighted by molar-refractivity contribution is 0.213. The lowest BCUT2D eigenvalue weighted by Gasteiger charge is -2.18. The van der Waals surface area contributed by atoms with Crippen molar-refractivity contribution < 1.29 is 5.11 Å². The molecular formula is C19H22N4OS. The van der Waals surface area contributed by atoms with E-state index in [0.717, 1.165) is 50.3 Å². The minimum atomic E-state index is -0.663. The van der Waals surface area contributed by atoms with Gasteiger partial charge in [0.2, 0.25) is 0 Å². The Morgan fingerprint density at radius 1 is 1.20 bits per heavy atom. The smallest absolute Gasteiger partial charge is 0.123 e. The van der Waals surface area contributed by atoms with Crippen molar-refractivity contribution in [2.24, 2.45) is 0 Å². The van der Waals surface area contributed by atoms with Crippen LogP contribution in [0.25, 0.3) is 0 Å². The van der Waals surface area contributed by atoms with Crippen molar-refractivity contribution in [3.63, 3.8) is 0 Å². The first-order chi connectivity index (χ1) is 12.3. The molecule has 1 aliphatic rings. The number of aromatic nitrogens is 3. The van der Waals surface area contributed by atoms with Gasteiger partial charge in [0, 0.05) is 38.0 Å². The van der Waals surface area contributed by atoms with Gasteiger partial charge in [-0.3, -0.25) is 9.58 Å². The van der Waals surface area contributed by atoms with Crippen LogP contribution in [-0.4, -0.2) is 37.9 Å². The summed E-state index contributed by atoms with van der Waals surface area (Å²) in [5.41, 5.74) is 5.87. The number of benzene rings is 1. The van der Waals surface area contributed by atoms with E-state index in [1.54, 1.807) is 11.3 Å². The highest BCUT2D eigenvalue weighted by molar-refractivity contribution is 7.07. The Hall–Kier alpha value is -2.02. The van der Waals surface area contributed by atoms with Gasteiger partial charge in [-0.05, 0) is 18.1 Å². The molecule has 0 bridgehead atoms. The van der Waals surface area contributed by atoms with Crippen LogP contribution in [0.4, 0.5) is 0 Å². The van der Waals surface area contributed by atoms with Crippen molar-refractivity contribution in [1.82, 2.24) is 19.7 Å². The first-order valence-electron chi connectivity index (χ1n) is 8.68. The molecule has 1 aromatic carbocycles. The zero-order valence-corrected chi connectivity index (χ0v) is 14.9. The second-order valence-electron chi connectivity index (χ2n) is 6.46. The maximum Gasteiger partial charge on any atom is 0.123 e. The lowest BCUT2D eigenvalue weighted by Crippen LogP contribution is -2.25. The number of aryl methyl sites for hydroxylation is 1. The van der Waals surface area contributed by atoms with E-state index in [9.17, 15) is 5.11 Å². The van der Waals surface area contributed by atoms with Gasteiger partial charge in [-0.25, -0.2) is 4.98 Å². The largest absolute Gasteiger partial charge is 0.382 e. The third-order valence-electron chi connectivity index (χ3n) is 4.68. The second-order valence-corrected chi connectivity index (χ2v) is 7.18. The van der Waals surface area contributed by atoms with E-state index in [0.29, 0.717) is 0 Å². The monoisotopic (exact) mass is 354 g/mol. The number of nitrogens with zero attached hydrogens (tertiary/aromatic N) is 4. The summed E-state index contributed by atoms with van der Waals surface area (Å²) in [6.07, 6.45) is 1.40. The summed E-state index contributed by atoms with van der Waals surface area (Å²) in [5.74, 6) is 0. The van der Waals surface area contributed by atoms with E-state index >= 15 is 0 Å². The molecule has 0 amide bonds. The molecule has 0 fully saturated rings. The molecule has 0 saturated carbocycles. The zero-order valence-electron chi connectivity index (χ0n) is 14.1. The molecule has 2 aromatic heterocycles. The average Bonchev–Trinajstić information content (AvgIpc) is 3.26. The third kappa shape index (κ3) is 3.81. The van der Waals surface area contributed by atoms with Crippen LogP contribution in [-0.2, 0) is 19.5 Å². The Balaban J connectivity index is 1.47. The Morgan fingerprint density at radius 2 is 2.08 bits per heavy atom. The van der Waals surface area contributed by atoms with Crippen molar-refractivity contribution >= 4 is 11.3 Å². The molecule has 0 aliphatic carbocycles. The van der Waals surface area contributed by atoms with E-state index in [4.69, 9.17) is 0 Å². The van der Waals surface area contributed by atoms with Crippen LogP contribution in [0.1, 0.15) is 35.2 Å². The molecule has 1 aliphatic heterocycles. The fraction of sp³-hybridized carbons (Fsp3) is 0.368. The molecule has 3 aromatic rings. The first-order valence-corrected chi connectivity index (χ1v) is 9.63. The highest BCUT2D eigenvalue weighted by Gasteiger charge is 2.20. The molecule has 0 unspecified atom stereocenters. The van der Waals surface area contributed by atoms with E-state index in [2.05, 4.69) is 31.1 Å². The van der Waals surface area contributed by atoms with Crippen LogP contribution in [0.5, 0.6) is 0 Å². The molecule has 0 saturated heterocycles. The van der Waals surface area contributed by atoms with Crippen molar-refractivity contribution in [2.45, 2.75) is 32.0 Å². The molecule has 25 heavy (non-hydrogen) atoms. The minimum absolute atomic E-state index is 0.663. The molecule has 130 valence electrons. The zero-order chi connectivity index (χ0) is 17.1. The molecule has 6 heteroatoms. The summed E-state index contributed by atoms with van der Waals surface area (Å²) in [5, 5.41) is 17.4. The fourth-order valence-corrected chi connectivity index (χ4v) is 3.91. The third-order valence-corrected chi connectivity index (χ3v) is 5.31. The van der Waals surface area contributed by atoms with E-state index in [-0.39, 0.29) is 0 Å². The number of rotatable bonds is 5. The average molecular weight is 354 g/mol. The van der Waals surface area contributed by atoms with Crippen molar-refractivity contribution in [3.8, 4) is 0 Å². The summed E-state index contributed by atoms with van der Waals surface area (Å²) in [7, 11) is 0. The van der Waals surface area contributed by atoms with Crippen molar-refractivity contribution in [2.75, 3.05) is 13.1 Å². The standard InChI is InChI=1S/C19H22N4OS/c24-19(15-5-2-1-3-6-15)18-11-17-12-22(8-4-9-23(17)21-18)10-7-16-13-25-14-20-16/h1-3,5-6,11,13-14,19,24H,4,7-10,12H2/t19-/m0/s1. The van der Waals surface area contributed by atoms with Gasteiger partial charge < -0.3 is 5.11 Å². The van der Waals surface area contributed by atoms with Gasteiger partial charge in [0.25, 0.3) is 0 Å². The molecule has 0 radical (unpaired) electrons. The van der Waals surface area contributed by atoms with Gasteiger partial charge in [0.05, 0.1) is 22.6 Å². The number of fused-ring (bicyclic) bond motifs is 1. The predicted molar refractivity (Wildman–Crippen MR) is 98.4 cm³/mol. The predicted octanol–water partition coefficient (Wildman–Crippen LogP) is 2.87. The quantitative estimate of drug-likeness (QED) is 0.765. The van der Waals surface area contributed by atoms with Gasteiger partial charge in [-0.1, -0.05) is 30.3 Å². The maximum absolute atomic E-state index is 10.6. The van der Waals surface area contributed by atoms with E-state index in [1.807, 2.05) is 35.8 Å². The van der Waals surface area contributed by atoms with Crippen LogP contribution in [0, 0.1) is 0 Å². The normalized spacial score (nSPS) is 16.4. The van der Waals surface area contributed by atoms with Gasteiger partial charge in [0.15, 0.2) is 0 Å². The van der Waals surface area contributed by atoms with E-state index < -0.39 is 6.10 Å². The Morgan fingerprint density at radius 3 is 2.88 bits per heavy atom. The van der Waals surface area contributed by atoms with Crippen LogP contribution in [0.15, 0.2) is 47.3 Å². The fourth-order valence-electron chi connectivity index (χ4n) is 3.32. The van der Waals surface area contributed by atoms with Crippen LogP contribution in [0.2, 0.25) is 0 Å². The SMILES string of the molecule is O[C@@H](c1ccccc1)c1cc2n(n1)CCCN(CCc1cscn1)C2. The molecular weight excluding hydrogens is 332 g/mol. The molecule has 3 heterocycles. The topological polar surface area (TPSA) is 54.2 Å². The highest BCUT2D eigenvalue weighted by Crippen LogP contribution is 2.23. The number of hydrogen-bond donors (Lipinski definition) is 1. The maximum atomic E-state index is 10.6. The van der Waals surface area contributed by atoms with Gasteiger partial charge in [-0.15, -0.1) is 11.3 Å². The molecule has 0 spiro atoms. The Bertz CT molecular complexity index is 800. The highest BCUT2D eigenvalue weighted by atomic mass is 32.1. The van der Waals surface area contributed by atoms with Crippen molar-refractivity contribution in [1.29, 1.82) is 0 Å². The van der Waals surface area contributed by atoms with Crippen molar-refractivity contribution in [3.05, 3.63) is 69.9 Å². The Labute approximate surface area is 151 Å². The van der Waals surface area contributed by atoms with Crippen LogP contribution < -0.4 is 0 Å². The lowest BCUT2D eigenvalue weighted by atomic mass is 10.1. The number of aliphatic hydroxyl groups is 1. The second kappa shape index (κ2) is 7.47. The molecule has 1 N–H and O–H groups in total. The summed E-state index contributed by atoms with van der Waals surface area (Å²) < 4.78 is 2.06. The van der Waals surface area contributed by atoms with Gasteiger partial charge in [0.1, 0.15) is 6.10 Å². The van der Waals surface area contributed by atoms with Crippen LogP contribution in [0.3, 0.4) is 0 Å². The number of thiazole rings is 1. The molecule has 5 nitrogen and oxygen atoms in total.